The summed E-state index contributed by atoms with van der Waals surface area (Å²) in [5.74, 6) is 0. The zero-order chi connectivity index (χ0) is 10.2. The van der Waals surface area contributed by atoms with E-state index < -0.39 is 11.2 Å². The van der Waals surface area contributed by atoms with E-state index in [1.54, 1.807) is 24.3 Å². The fourth-order valence-corrected chi connectivity index (χ4v) is 2.04. The molecule has 0 N–H and O–H groups in total. The predicted octanol–water partition coefficient (Wildman–Crippen LogP) is 3.25. The van der Waals surface area contributed by atoms with Crippen LogP contribution in [-0.2, 0) is 6.54 Å². The molecule has 1 nitrogen and oxygen atoms in total. The van der Waals surface area contributed by atoms with Crippen molar-refractivity contribution in [1.29, 1.82) is 0 Å². The lowest BCUT2D eigenvalue weighted by Gasteiger charge is -2.16. The molecule has 5 heteroatoms. The van der Waals surface area contributed by atoms with Gasteiger partial charge in [0.25, 0.3) is 0 Å². The van der Waals surface area contributed by atoms with E-state index in [0.29, 0.717) is 16.7 Å². The lowest BCUT2D eigenvalue weighted by Crippen LogP contribution is -2.21. The molecule has 1 heterocycles. The smallest absolute Gasteiger partial charge is 0.269 e. The SMILES string of the molecule is FC(F)(F)C1=NCc2ccccc2S1. The molecule has 1 aliphatic rings. The van der Waals surface area contributed by atoms with Crippen LogP contribution in [0.4, 0.5) is 13.2 Å². The van der Waals surface area contributed by atoms with E-state index in [1.807, 2.05) is 0 Å². The van der Waals surface area contributed by atoms with Gasteiger partial charge in [0.15, 0.2) is 5.04 Å². The van der Waals surface area contributed by atoms with Gasteiger partial charge in [-0.25, -0.2) is 0 Å². The molecule has 0 saturated heterocycles. The van der Waals surface area contributed by atoms with Crippen molar-refractivity contribution in [3.8, 4) is 0 Å². The summed E-state index contributed by atoms with van der Waals surface area (Å²) in [6, 6.07) is 7.00. The molecule has 2 rings (SSSR count). The lowest BCUT2D eigenvalue weighted by atomic mass is 10.2. The molecular formula is C9H6F3NS. The van der Waals surface area contributed by atoms with E-state index in [2.05, 4.69) is 4.99 Å². The Balaban J connectivity index is 2.30. The maximum Gasteiger partial charge on any atom is 0.439 e. The number of aliphatic imine (C=N–C) groups is 1. The average Bonchev–Trinajstić information content (AvgIpc) is 2.16. The number of alkyl halides is 3. The van der Waals surface area contributed by atoms with Crippen LogP contribution in [0, 0.1) is 0 Å². The fourth-order valence-electron chi connectivity index (χ4n) is 1.17. The van der Waals surface area contributed by atoms with Gasteiger partial charge in [-0.3, -0.25) is 4.99 Å². The summed E-state index contributed by atoms with van der Waals surface area (Å²) in [6.45, 7) is 0.123. The number of rotatable bonds is 0. The first kappa shape index (κ1) is 9.58. The van der Waals surface area contributed by atoms with Crippen molar-refractivity contribution in [2.75, 3.05) is 0 Å². The number of hydrogen-bond acceptors (Lipinski definition) is 2. The van der Waals surface area contributed by atoms with Crippen LogP contribution < -0.4 is 0 Å². The molecule has 0 spiro atoms. The van der Waals surface area contributed by atoms with E-state index in [4.69, 9.17) is 0 Å². The minimum atomic E-state index is -4.32. The van der Waals surface area contributed by atoms with Crippen LogP contribution in [0.15, 0.2) is 34.2 Å². The molecule has 74 valence electrons. The summed E-state index contributed by atoms with van der Waals surface area (Å²) in [4.78, 5) is 4.14. The third-order valence-electron chi connectivity index (χ3n) is 1.81. The van der Waals surface area contributed by atoms with E-state index in [9.17, 15) is 13.2 Å². The first-order valence-electron chi connectivity index (χ1n) is 3.95. The van der Waals surface area contributed by atoms with Gasteiger partial charge in [-0.15, -0.1) is 0 Å². The van der Waals surface area contributed by atoms with Crippen LogP contribution in [0.3, 0.4) is 0 Å². The second-order valence-corrected chi connectivity index (χ2v) is 3.86. The topological polar surface area (TPSA) is 12.4 Å². The largest absolute Gasteiger partial charge is 0.439 e. The highest BCUT2D eigenvalue weighted by molar-refractivity contribution is 8.14. The Hall–Kier alpha value is -0.970. The zero-order valence-corrected chi connectivity index (χ0v) is 7.82. The van der Waals surface area contributed by atoms with Gasteiger partial charge in [0.1, 0.15) is 0 Å². The van der Waals surface area contributed by atoms with Gasteiger partial charge in [-0.1, -0.05) is 30.0 Å². The monoisotopic (exact) mass is 217 g/mol. The van der Waals surface area contributed by atoms with Crippen LogP contribution in [-0.4, -0.2) is 11.2 Å². The van der Waals surface area contributed by atoms with Crippen LogP contribution >= 0.6 is 11.8 Å². The van der Waals surface area contributed by atoms with Crippen molar-refractivity contribution in [2.45, 2.75) is 17.6 Å². The molecule has 0 saturated carbocycles. The predicted molar refractivity (Wildman–Crippen MR) is 49.5 cm³/mol. The standard InChI is InChI=1S/C9H6F3NS/c10-9(11,12)8-13-5-6-3-1-2-4-7(6)14-8/h1-4H,5H2. The molecule has 0 bridgehead atoms. The van der Waals surface area contributed by atoms with Gasteiger partial charge in [-0.05, 0) is 11.6 Å². The Bertz CT molecular complexity index is 384. The summed E-state index contributed by atoms with van der Waals surface area (Å²) < 4.78 is 36.9. The van der Waals surface area contributed by atoms with Crippen molar-refractivity contribution in [3.63, 3.8) is 0 Å². The minimum Gasteiger partial charge on any atom is -0.269 e. The highest BCUT2D eigenvalue weighted by Gasteiger charge is 2.37. The first-order chi connectivity index (χ1) is 6.57. The molecule has 0 aliphatic carbocycles. The minimum absolute atomic E-state index is 0.123. The summed E-state index contributed by atoms with van der Waals surface area (Å²) in [7, 11) is 0. The van der Waals surface area contributed by atoms with Gasteiger partial charge in [-0.2, -0.15) is 13.2 Å². The van der Waals surface area contributed by atoms with Crippen LogP contribution in [0.2, 0.25) is 0 Å². The molecule has 1 aromatic rings. The summed E-state index contributed by atoms with van der Waals surface area (Å²) >= 11 is 0.689. The highest BCUT2D eigenvalue weighted by atomic mass is 32.2. The number of hydrogen-bond donors (Lipinski definition) is 0. The zero-order valence-electron chi connectivity index (χ0n) is 7.01. The van der Waals surface area contributed by atoms with Gasteiger partial charge in [0.2, 0.25) is 0 Å². The summed E-state index contributed by atoms with van der Waals surface area (Å²) in [6.07, 6.45) is -4.32. The van der Waals surface area contributed by atoms with E-state index in [0.717, 1.165) is 5.56 Å². The fraction of sp³-hybridized carbons (Fsp3) is 0.222. The Morgan fingerprint density at radius 2 is 1.93 bits per heavy atom. The Morgan fingerprint density at radius 1 is 1.21 bits per heavy atom. The molecule has 0 aromatic heterocycles. The maximum atomic E-state index is 12.3. The van der Waals surface area contributed by atoms with Crippen LogP contribution in [0.1, 0.15) is 5.56 Å². The Morgan fingerprint density at radius 3 is 2.64 bits per heavy atom. The molecule has 0 atom stereocenters. The van der Waals surface area contributed by atoms with Gasteiger partial charge in [0.05, 0.1) is 6.54 Å². The molecule has 0 amide bonds. The third kappa shape index (κ3) is 1.77. The van der Waals surface area contributed by atoms with Crippen molar-refractivity contribution in [3.05, 3.63) is 29.8 Å². The van der Waals surface area contributed by atoms with Gasteiger partial charge < -0.3 is 0 Å². The van der Waals surface area contributed by atoms with Crippen molar-refractivity contribution >= 4 is 16.8 Å². The molecular weight excluding hydrogens is 211 g/mol. The number of thioether (sulfide) groups is 1. The van der Waals surface area contributed by atoms with Crippen LogP contribution in [0.25, 0.3) is 0 Å². The third-order valence-corrected chi connectivity index (χ3v) is 2.99. The first-order valence-corrected chi connectivity index (χ1v) is 4.76. The van der Waals surface area contributed by atoms with Crippen molar-refractivity contribution in [2.24, 2.45) is 4.99 Å². The lowest BCUT2D eigenvalue weighted by molar-refractivity contribution is -0.0557. The Labute approximate surface area is 83.0 Å². The second kappa shape index (κ2) is 3.31. The number of benzene rings is 1. The van der Waals surface area contributed by atoms with E-state index in [1.165, 1.54) is 0 Å². The van der Waals surface area contributed by atoms with Crippen molar-refractivity contribution in [1.82, 2.24) is 0 Å². The maximum absolute atomic E-state index is 12.3. The highest BCUT2D eigenvalue weighted by Crippen LogP contribution is 2.36. The normalized spacial score (nSPS) is 16.1. The number of fused-ring (bicyclic) bond motifs is 1. The quantitative estimate of drug-likeness (QED) is 0.649. The molecule has 14 heavy (non-hydrogen) atoms. The summed E-state index contributed by atoms with van der Waals surface area (Å²) in [5, 5.41) is -0.754. The molecule has 0 unspecified atom stereocenters. The van der Waals surface area contributed by atoms with Crippen LogP contribution in [0.5, 0.6) is 0 Å². The Kier molecular flexibility index (Phi) is 2.26. The van der Waals surface area contributed by atoms with Crippen molar-refractivity contribution < 1.29 is 13.2 Å². The summed E-state index contributed by atoms with van der Waals surface area (Å²) in [5.41, 5.74) is 0.852. The van der Waals surface area contributed by atoms with E-state index >= 15 is 0 Å². The number of halogens is 3. The second-order valence-electron chi connectivity index (χ2n) is 2.83. The average molecular weight is 217 g/mol. The molecule has 0 radical (unpaired) electrons. The van der Waals surface area contributed by atoms with E-state index in [-0.39, 0.29) is 6.54 Å². The van der Waals surface area contributed by atoms with Gasteiger partial charge in [0, 0.05) is 4.90 Å². The molecule has 0 fully saturated rings. The molecule has 1 aromatic carbocycles. The number of nitrogens with zero attached hydrogens (tertiary/aromatic N) is 1. The van der Waals surface area contributed by atoms with Gasteiger partial charge >= 0.3 is 6.18 Å². The molecule has 1 aliphatic heterocycles.